The summed E-state index contributed by atoms with van der Waals surface area (Å²) in [5.74, 6) is 0. The Balaban J connectivity index is 2.07. The van der Waals surface area contributed by atoms with E-state index in [0.29, 0.717) is 0 Å². The van der Waals surface area contributed by atoms with Crippen molar-refractivity contribution in [2.24, 2.45) is 0 Å². The standard InChI is InChI=1S/C22H15Br/c23-19-13-10-18(11-14-19)22-20-9-5-4-8-17(20)12-15-21(22)16-6-2-1-3-7-16/h1-15H. The summed E-state index contributed by atoms with van der Waals surface area (Å²) in [6, 6.07) is 32.2. The molecule has 0 spiro atoms. The van der Waals surface area contributed by atoms with Crippen LogP contribution in [0.25, 0.3) is 33.0 Å². The number of rotatable bonds is 2. The molecule has 23 heavy (non-hydrogen) atoms. The van der Waals surface area contributed by atoms with Crippen molar-refractivity contribution in [3.8, 4) is 22.3 Å². The maximum Gasteiger partial charge on any atom is 0.0175 e. The minimum absolute atomic E-state index is 1.10. The molecule has 0 fully saturated rings. The number of hydrogen-bond acceptors (Lipinski definition) is 0. The molecule has 0 aromatic heterocycles. The summed E-state index contributed by atoms with van der Waals surface area (Å²) in [4.78, 5) is 0. The molecule has 0 radical (unpaired) electrons. The quantitative estimate of drug-likeness (QED) is 0.364. The van der Waals surface area contributed by atoms with Crippen molar-refractivity contribution in [1.29, 1.82) is 0 Å². The molecule has 1 heteroatoms. The normalized spacial score (nSPS) is 10.8. The van der Waals surface area contributed by atoms with Gasteiger partial charge in [0.25, 0.3) is 0 Å². The molecule has 4 aromatic rings. The Hall–Kier alpha value is -2.38. The predicted molar refractivity (Wildman–Crippen MR) is 103 cm³/mol. The van der Waals surface area contributed by atoms with Crippen LogP contribution in [0.4, 0.5) is 0 Å². The summed E-state index contributed by atoms with van der Waals surface area (Å²) in [7, 11) is 0. The topological polar surface area (TPSA) is 0 Å². The molecule has 0 aliphatic rings. The minimum atomic E-state index is 1.10. The van der Waals surface area contributed by atoms with Gasteiger partial charge in [-0.2, -0.15) is 0 Å². The number of benzene rings is 4. The van der Waals surface area contributed by atoms with Crippen molar-refractivity contribution in [1.82, 2.24) is 0 Å². The summed E-state index contributed by atoms with van der Waals surface area (Å²) in [5, 5.41) is 2.56. The van der Waals surface area contributed by atoms with Crippen molar-refractivity contribution >= 4 is 26.7 Å². The van der Waals surface area contributed by atoms with Gasteiger partial charge in [-0.25, -0.2) is 0 Å². The Morgan fingerprint density at radius 2 is 1.22 bits per heavy atom. The first-order valence-electron chi connectivity index (χ1n) is 7.66. The third kappa shape index (κ3) is 2.69. The molecule has 4 aromatic carbocycles. The van der Waals surface area contributed by atoms with Gasteiger partial charge in [0.05, 0.1) is 0 Å². The minimum Gasteiger partial charge on any atom is -0.0622 e. The van der Waals surface area contributed by atoms with E-state index in [4.69, 9.17) is 0 Å². The van der Waals surface area contributed by atoms with Crippen LogP contribution < -0.4 is 0 Å². The highest BCUT2D eigenvalue weighted by molar-refractivity contribution is 9.10. The Morgan fingerprint density at radius 1 is 0.522 bits per heavy atom. The fraction of sp³-hybridized carbons (Fsp3) is 0. The second kappa shape index (κ2) is 6.02. The van der Waals surface area contributed by atoms with Gasteiger partial charge in [0, 0.05) is 4.47 Å². The second-order valence-electron chi connectivity index (χ2n) is 5.58. The molecule has 4 rings (SSSR count). The van der Waals surface area contributed by atoms with Crippen molar-refractivity contribution in [2.45, 2.75) is 0 Å². The first-order chi connectivity index (χ1) is 11.3. The van der Waals surface area contributed by atoms with Crippen LogP contribution in [0.2, 0.25) is 0 Å². The van der Waals surface area contributed by atoms with Crippen LogP contribution >= 0.6 is 15.9 Å². The van der Waals surface area contributed by atoms with E-state index < -0.39 is 0 Å². The van der Waals surface area contributed by atoms with Gasteiger partial charge in [0.2, 0.25) is 0 Å². The van der Waals surface area contributed by atoms with Gasteiger partial charge < -0.3 is 0 Å². The highest BCUT2D eigenvalue weighted by Gasteiger charge is 2.11. The molecule has 0 aliphatic heterocycles. The molecule has 110 valence electrons. The van der Waals surface area contributed by atoms with Gasteiger partial charge in [-0.1, -0.05) is 94.8 Å². The van der Waals surface area contributed by atoms with E-state index in [1.807, 2.05) is 0 Å². The molecule has 0 nitrogen and oxygen atoms in total. The first kappa shape index (κ1) is 14.2. The van der Waals surface area contributed by atoms with E-state index in [9.17, 15) is 0 Å². The lowest BCUT2D eigenvalue weighted by atomic mass is 9.90. The maximum absolute atomic E-state index is 3.53. The fourth-order valence-corrected chi connectivity index (χ4v) is 3.32. The van der Waals surface area contributed by atoms with E-state index in [1.165, 1.54) is 33.0 Å². The summed E-state index contributed by atoms with van der Waals surface area (Å²) < 4.78 is 1.10. The van der Waals surface area contributed by atoms with Crippen LogP contribution in [0.1, 0.15) is 0 Å². The molecule has 0 aliphatic carbocycles. The zero-order valence-electron chi connectivity index (χ0n) is 12.5. The summed E-state index contributed by atoms with van der Waals surface area (Å²) in [5.41, 5.74) is 5.05. The highest BCUT2D eigenvalue weighted by Crippen LogP contribution is 2.38. The largest absolute Gasteiger partial charge is 0.0622 e. The van der Waals surface area contributed by atoms with Gasteiger partial charge >= 0.3 is 0 Å². The van der Waals surface area contributed by atoms with Crippen molar-refractivity contribution < 1.29 is 0 Å². The third-order valence-electron chi connectivity index (χ3n) is 4.15. The monoisotopic (exact) mass is 358 g/mol. The molecule has 0 unspecified atom stereocenters. The van der Waals surface area contributed by atoms with Crippen LogP contribution in [0.5, 0.6) is 0 Å². The Labute approximate surface area is 144 Å². The molecule has 0 saturated carbocycles. The van der Waals surface area contributed by atoms with Gasteiger partial charge in [-0.05, 0) is 45.2 Å². The maximum atomic E-state index is 3.53. The molecule has 0 saturated heterocycles. The number of fused-ring (bicyclic) bond motifs is 1. The first-order valence-corrected chi connectivity index (χ1v) is 8.45. The lowest BCUT2D eigenvalue weighted by Gasteiger charge is -2.14. The van der Waals surface area contributed by atoms with E-state index in [1.54, 1.807) is 0 Å². The van der Waals surface area contributed by atoms with Gasteiger partial charge in [0.15, 0.2) is 0 Å². The molecule has 0 atom stereocenters. The summed E-state index contributed by atoms with van der Waals surface area (Å²) in [6.07, 6.45) is 0. The Morgan fingerprint density at radius 3 is 2.00 bits per heavy atom. The van der Waals surface area contributed by atoms with Crippen LogP contribution in [0.3, 0.4) is 0 Å². The molecule has 0 N–H and O–H groups in total. The molecular weight excluding hydrogens is 344 g/mol. The number of halogens is 1. The molecule has 0 bridgehead atoms. The van der Waals surface area contributed by atoms with E-state index in [2.05, 4.69) is 107 Å². The van der Waals surface area contributed by atoms with Gasteiger partial charge in [-0.15, -0.1) is 0 Å². The lowest BCUT2D eigenvalue weighted by Crippen LogP contribution is -1.88. The summed E-state index contributed by atoms with van der Waals surface area (Å²) >= 11 is 3.53. The van der Waals surface area contributed by atoms with Gasteiger partial charge in [-0.3, -0.25) is 0 Å². The molecular formula is C22H15Br. The lowest BCUT2D eigenvalue weighted by molar-refractivity contribution is 1.59. The van der Waals surface area contributed by atoms with Crippen LogP contribution in [-0.4, -0.2) is 0 Å². The smallest absolute Gasteiger partial charge is 0.0175 e. The van der Waals surface area contributed by atoms with Crippen molar-refractivity contribution in [2.75, 3.05) is 0 Å². The zero-order valence-corrected chi connectivity index (χ0v) is 14.1. The average molecular weight is 359 g/mol. The second-order valence-corrected chi connectivity index (χ2v) is 6.50. The van der Waals surface area contributed by atoms with E-state index in [0.717, 1.165) is 4.47 Å². The Kier molecular flexibility index (Phi) is 3.72. The van der Waals surface area contributed by atoms with Crippen molar-refractivity contribution in [3.05, 3.63) is 95.5 Å². The van der Waals surface area contributed by atoms with Gasteiger partial charge in [0.1, 0.15) is 0 Å². The average Bonchev–Trinajstić information content (AvgIpc) is 2.62. The number of hydrogen-bond donors (Lipinski definition) is 0. The van der Waals surface area contributed by atoms with E-state index >= 15 is 0 Å². The SMILES string of the molecule is Brc1ccc(-c2c(-c3ccccc3)ccc3ccccc23)cc1. The zero-order chi connectivity index (χ0) is 15.6. The summed E-state index contributed by atoms with van der Waals surface area (Å²) in [6.45, 7) is 0. The third-order valence-corrected chi connectivity index (χ3v) is 4.68. The van der Waals surface area contributed by atoms with Crippen LogP contribution in [0.15, 0.2) is 95.5 Å². The molecule has 0 heterocycles. The van der Waals surface area contributed by atoms with Crippen molar-refractivity contribution in [3.63, 3.8) is 0 Å². The predicted octanol–water partition coefficient (Wildman–Crippen LogP) is 6.94. The van der Waals surface area contributed by atoms with E-state index in [-0.39, 0.29) is 0 Å². The van der Waals surface area contributed by atoms with Crippen LogP contribution in [0, 0.1) is 0 Å². The highest BCUT2D eigenvalue weighted by atomic mass is 79.9. The fourth-order valence-electron chi connectivity index (χ4n) is 3.06. The Bertz CT molecular complexity index is 954. The van der Waals surface area contributed by atoms with Crippen LogP contribution in [-0.2, 0) is 0 Å². The molecule has 0 amide bonds.